The van der Waals surface area contributed by atoms with Crippen LogP contribution >= 0.6 is 0 Å². The van der Waals surface area contributed by atoms with Gasteiger partial charge in [-0.3, -0.25) is 0 Å². The number of carbonyl (C=O) groups is 1. The van der Waals surface area contributed by atoms with Crippen molar-refractivity contribution in [3.05, 3.63) is 11.7 Å². The molecule has 2 aliphatic heterocycles. The molecule has 0 unspecified atom stereocenters. The molecule has 9 heteroatoms. The molecule has 144 valence electrons. The van der Waals surface area contributed by atoms with Gasteiger partial charge in [0.15, 0.2) is 0 Å². The van der Waals surface area contributed by atoms with E-state index in [1.807, 2.05) is 0 Å². The number of amides is 1. The molecular weight excluding hydrogens is 348 g/mol. The maximum absolute atomic E-state index is 12.8. The average Bonchev–Trinajstić information content (AvgIpc) is 3.10. The largest absolute Gasteiger partial charge is 0.444 e. The molecule has 4 fully saturated rings. The maximum Gasteiger partial charge on any atom is 0.407 e. The van der Waals surface area contributed by atoms with Gasteiger partial charge in [0, 0.05) is 0 Å². The van der Waals surface area contributed by atoms with Gasteiger partial charge in [-0.25, -0.2) is 13.6 Å². The molecule has 2 saturated heterocycles. The molecule has 26 heavy (non-hydrogen) atoms. The van der Waals surface area contributed by atoms with Crippen LogP contribution in [0.25, 0.3) is 0 Å². The molecular formula is C17H23F2N3O4. The number of aromatic nitrogens is 2. The van der Waals surface area contributed by atoms with Gasteiger partial charge in [-0.1, -0.05) is 5.16 Å². The van der Waals surface area contributed by atoms with Crippen molar-refractivity contribution < 1.29 is 27.6 Å². The predicted molar refractivity (Wildman–Crippen MR) is 84.8 cm³/mol. The molecule has 1 aromatic rings. The van der Waals surface area contributed by atoms with Crippen LogP contribution in [-0.2, 0) is 14.9 Å². The molecule has 1 amide bonds. The Hall–Kier alpha value is -1.77. The van der Waals surface area contributed by atoms with Crippen molar-refractivity contribution in [2.45, 2.75) is 81.5 Å². The summed E-state index contributed by atoms with van der Waals surface area (Å²) in [5.74, 6) is -0.349. The highest BCUT2D eigenvalue weighted by Gasteiger charge is 2.78. The van der Waals surface area contributed by atoms with Crippen LogP contribution in [0.3, 0.4) is 0 Å². The summed E-state index contributed by atoms with van der Waals surface area (Å²) >= 11 is 0. The van der Waals surface area contributed by atoms with Gasteiger partial charge in [0.05, 0.1) is 23.2 Å². The Labute approximate surface area is 149 Å². The van der Waals surface area contributed by atoms with Crippen molar-refractivity contribution in [3.63, 3.8) is 0 Å². The van der Waals surface area contributed by atoms with Gasteiger partial charge in [-0.2, -0.15) is 4.98 Å². The first kappa shape index (κ1) is 17.6. The lowest BCUT2D eigenvalue weighted by atomic mass is 9.51. The maximum atomic E-state index is 12.8. The summed E-state index contributed by atoms with van der Waals surface area (Å²) in [6.07, 6.45) is 0.540. The monoisotopic (exact) mass is 371 g/mol. The molecule has 0 aromatic carbocycles. The molecule has 2 bridgehead atoms. The first-order valence-corrected chi connectivity index (χ1v) is 8.88. The first-order chi connectivity index (χ1) is 12.1. The fourth-order valence-corrected chi connectivity index (χ4v) is 4.61. The predicted octanol–water partition coefficient (Wildman–Crippen LogP) is 3.26. The molecule has 0 radical (unpaired) electrons. The standard InChI is InChI=1S/C17H23F2N3O4/c1-14(2,3)24-13(23)20-9-15-7-16(8-15,17(26-15)5-4-6-17)12-21-11(10(18)19)22-25-12/h10H,4-9H2,1-3H3,(H,20,23). The van der Waals surface area contributed by atoms with Crippen molar-refractivity contribution in [1.82, 2.24) is 15.5 Å². The van der Waals surface area contributed by atoms with E-state index in [1.54, 1.807) is 20.8 Å². The van der Waals surface area contributed by atoms with E-state index < -0.39 is 40.6 Å². The third-order valence-electron chi connectivity index (χ3n) is 5.69. The third kappa shape index (κ3) is 2.51. The van der Waals surface area contributed by atoms with Gasteiger partial charge in [-0.05, 0) is 52.9 Å². The number of ether oxygens (including phenoxy) is 2. The number of rotatable bonds is 4. The minimum Gasteiger partial charge on any atom is -0.444 e. The summed E-state index contributed by atoms with van der Waals surface area (Å²) in [6.45, 7) is 5.70. The second kappa shape index (κ2) is 5.37. The van der Waals surface area contributed by atoms with E-state index in [9.17, 15) is 13.6 Å². The second-order valence-corrected chi connectivity index (χ2v) is 8.68. The molecule has 3 heterocycles. The molecule has 7 nitrogen and oxygen atoms in total. The van der Waals surface area contributed by atoms with E-state index in [4.69, 9.17) is 14.0 Å². The smallest absolute Gasteiger partial charge is 0.407 e. The van der Waals surface area contributed by atoms with Gasteiger partial charge in [0.25, 0.3) is 0 Å². The van der Waals surface area contributed by atoms with Crippen molar-refractivity contribution in [3.8, 4) is 0 Å². The lowest BCUT2D eigenvalue weighted by Crippen LogP contribution is -2.58. The highest BCUT2D eigenvalue weighted by molar-refractivity contribution is 5.67. The quantitative estimate of drug-likeness (QED) is 0.874. The van der Waals surface area contributed by atoms with Crippen LogP contribution in [0.4, 0.5) is 13.6 Å². The Bertz CT molecular complexity index is 718. The van der Waals surface area contributed by atoms with E-state index in [0.717, 1.165) is 19.3 Å². The molecule has 5 rings (SSSR count). The van der Waals surface area contributed by atoms with E-state index in [-0.39, 0.29) is 5.89 Å². The average molecular weight is 371 g/mol. The number of nitrogens with zero attached hydrogens (tertiary/aromatic N) is 2. The van der Waals surface area contributed by atoms with E-state index in [0.29, 0.717) is 19.4 Å². The summed E-state index contributed by atoms with van der Waals surface area (Å²) in [4.78, 5) is 15.9. The summed E-state index contributed by atoms with van der Waals surface area (Å²) in [6, 6.07) is 0. The first-order valence-electron chi connectivity index (χ1n) is 8.88. The summed E-state index contributed by atoms with van der Waals surface area (Å²) in [5.41, 5.74) is -2.08. The second-order valence-electron chi connectivity index (χ2n) is 8.68. The zero-order valence-electron chi connectivity index (χ0n) is 15.1. The molecule has 1 aromatic heterocycles. The van der Waals surface area contributed by atoms with Crippen molar-refractivity contribution in [2.75, 3.05) is 6.54 Å². The topological polar surface area (TPSA) is 86.5 Å². The van der Waals surface area contributed by atoms with Crippen LogP contribution in [0.5, 0.6) is 0 Å². The van der Waals surface area contributed by atoms with Crippen LogP contribution in [0.2, 0.25) is 0 Å². The van der Waals surface area contributed by atoms with Crippen LogP contribution in [0.1, 0.15) is 71.0 Å². The van der Waals surface area contributed by atoms with Crippen molar-refractivity contribution >= 4 is 6.09 Å². The van der Waals surface area contributed by atoms with Crippen molar-refractivity contribution in [1.29, 1.82) is 0 Å². The number of carbonyl (C=O) groups excluding carboxylic acids is 1. The number of halogens is 2. The van der Waals surface area contributed by atoms with E-state index >= 15 is 0 Å². The molecule has 2 saturated carbocycles. The Morgan fingerprint density at radius 2 is 2.04 bits per heavy atom. The summed E-state index contributed by atoms with van der Waals surface area (Å²) < 4.78 is 42.5. The Morgan fingerprint density at radius 3 is 2.54 bits per heavy atom. The number of hydrogen-bond donors (Lipinski definition) is 1. The van der Waals surface area contributed by atoms with Gasteiger partial charge >= 0.3 is 12.5 Å². The van der Waals surface area contributed by atoms with E-state index in [2.05, 4.69) is 15.5 Å². The SMILES string of the molecule is CC(C)(C)OC(=O)NCC12CC(c3nc(C(F)F)no3)(C1)C1(CCC1)O2. The van der Waals surface area contributed by atoms with Crippen LogP contribution in [0, 0.1) is 0 Å². The minimum absolute atomic E-state index is 0.234. The highest BCUT2D eigenvalue weighted by Crippen LogP contribution is 2.72. The Morgan fingerprint density at radius 1 is 1.35 bits per heavy atom. The molecule has 0 atom stereocenters. The third-order valence-corrected chi connectivity index (χ3v) is 5.69. The zero-order valence-corrected chi connectivity index (χ0v) is 15.1. The number of hydrogen-bond acceptors (Lipinski definition) is 6. The molecule has 1 N–H and O–H groups in total. The van der Waals surface area contributed by atoms with Gasteiger partial charge < -0.3 is 19.3 Å². The fraction of sp³-hybridized carbons (Fsp3) is 0.824. The molecule has 1 spiro atoms. The molecule has 2 aliphatic carbocycles. The van der Waals surface area contributed by atoms with E-state index in [1.165, 1.54) is 0 Å². The Kier molecular flexibility index (Phi) is 3.64. The van der Waals surface area contributed by atoms with Crippen molar-refractivity contribution in [2.24, 2.45) is 0 Å². The summed E-state index contributed by atoms with van der Waals surface area (Å²) in [7, 11) is 0. The lowest BCUT2D eigenvalue weighted by Gasteiger charge is -2.48. The minimum atomic E-state index is -2.76. The van der Waals surface area contributed by atoms with Gasteiger partial charge in [0.2, 0.25) is 11.7 Å². The van der Waals surface area contributed by atoms with Crippen LogP contribution < -0.4 is 5.32 Å². The lowest BCUT2D eigenvalue weighted by molar-refractivity contribution is -0.108. The zero-order chi connectivity index (χ0) is 18.8. The van der Waals surface area contributed by atoms with Crippen LogP contribution in [-0.4, -0.2) is 39.6 Å². The van der Waals surface area contributed by atoms with Gasteiger partial charge in [-0.15, -0.1) is 0 Å². The number of alkyl halides is 2. The van der Waals surface area contributed by atoms with Gasteiger partial charge in [0.1, 0.15) is 5.60 Å². The molecule has 4 aliphatic rings. The fourth-order valence-electron chi connectivity index (χ4n) is 4.61. The number of nitrogens with one attached hydrogen (secondary N) is 1. The number of alkyl carbamates (subject to hydrolysis) is 1. The van der Waals surface area contributed by atoms with Crippen LogP contribution in [0.15, 0.2) is 4.52 Å². The highest BCUT2D eigenvalue weighted by atomic mass is 19.3. The normalized spacial score (nSPS) is 31.6. The Balaban J connectivity index is 1.49. The summed E-state index contributed by atoms with van der Waals surface area (Å²) in [5, 5.41) is 6.17.